The van der Waals surface area contributed by atoms with Crippen molar-refractivity contribution < 1.29 is 19.1 Å². The van der Waals surface area contributed by atoms with Crippen LogP contribution in [0.3, 0.4) is 0 Å². The molecule has 118 valence electrons. The third kappa shape index (κ3) is 5.56. The fourth-order valence-electron chi connectivity index (χ4n) is 2.89. The number of nitrogens with one attached hydrogen (secondary N) is 1. The van der Waals surface area contributed by atoms with E-state index < -0.39 is 0 Å². The van der Waals surface area contributed by atoms with E-state index in [2.05, 4.69) is 6.92 Å². The molecule has 2 rings (SSSR count). The predicted molar refractivity (Wildman–Crippen MR) is 83.3 cm³/mol. The number of ether oxygens (including phenoxy) is 3. The Balaban J connectivity index is 1.56. The molecule has 1 aliphatic rings. The Hall–Kier alpha value is -1.26. The van der Waals surface area contributed by atoms with E-state index in [9.17, 15) is 0 Å². The lowest BCUT2D eigenvalue weighted by Crippen LogP contribution is -3.14. The van der Waals surface area contributed by atoms with Gasteiger partial charge in [0.05, 0.1) is 33.4 Å². The summed E-state index contributed by atoms with van der Waals surface area (Å²) >= 11 is 0. The van der Waals surface area contributed by atoms with Gasteiger partial charge in [0.15, 0.2) is 11.5 Å². The lowest BCUT2D eigenvalue weighted by Gasteiger charge is -2.27. The van der Waals surface area contributed by atoms with Gasteiger partial charge in [0.2, 0.25) is 0 Å². The molecule has 1 N–H and O–H groups in total. The Bertz CT molecular complexity index is 411. The van der Waals surface area contributed by atoms with Gasteiger partial charge in [0.25, 0.3) is 0 Å². The van der Waals surface area contributed by atoms with Gasteiger partial charge in [-0.2, -0.15) is 0 Å². The molecular weight excluding hydrogens is 266 g/mol. The fraction of sp³-hybridized carbons (Fsp3) is 0.647. The highest BCUT2D eigenvalue weighted by atomic mass is 16.5. The van der Waals surface area contributed by atoms with Crippen molar-refractivity contribution in [2.45, 2.75) is 19.8 Å². The van der Waals surface area contributed by atoms with Crippen molar-refractivity contribution in [3.05, 3.63) is 24.3 Å². The Morgan fingerprint density at radius 2 is 1.95 bits per heavy atom. The van der Waals surface area contributed by atoms with Gasteiger partial charge >= 0.3 is 0 Å². The van der Waals surface area contributed by atoms with Crippen LogP contribution in [0.5, 0.6) is 11.5 Å². The molecule has 21 heavy (non-hydrogen) atoms. The molecule has 1 fully saturated rings. The van der Waals surface area contributed by atoms with E-state index in [1.807, 2.05) is 24.3 Å². The van der Waals surface area contributed by atoms with Gasteiger partial charge < -0.3 is 19.1 Å². The quantitative estimate of drug-likeness (QED) is 0.736. The second-order valence-electron chi connectivity index (χ2n) is 5.81. The van der Waals surface area contributed by atoms with Crippen molar-refractivity contribution in [3.63, 3.8) is 0 Å². The number of benzene rings is 1. The summed E-state index contributed by atoms with van der Waals surface area (Å²) in [7, 11) is 1.65. The van der Waals surface area contributed by atoms with Gasteiger partial charge in [-0.25, -0.2) is 0 Å². The van der Waals surface area contributed by atoms with E-state index in [4.69, 9.17) is 14.2 Å². The highest BCUT2D eigenvalue weighted by molar-refractivity contribution is 5.39. The van der Waals surface area contributed by atoms with E-state index >= 15 is 0 Å². The second kappa shape index (κ2) is 8.90. The standard InChI is InChI=1S/C17H27NO3/c1-15-6-5-9-18(14-15)10-11-20-12-13-21-17-8-4-3-7-16(17)19-2/h3-4,7-8,15H,5-6,9-14H2,1-2H3/p+1/t15-/m0/s1. The summed E-state index contributed by atoms with van der Waals surface area (Å²) in [6, 6.07) is 7.69. The van der Waals surface area contributed by atoms with Crippen LogP contribution < -0.4 is 14.4 Å². The van der Waals surface area contributed by atoms with Crippen molar-refractivity contribution >= 4 is 0 Å². The monoisotopic (exact) mass is 294 g/mol. The van der Waals surface area contributed by atoms with Crippen LogP contribution in [0.25, 0.3) is 0 Å². The second-order valence-corrected chi connectivity index (χ2v) is 5.81. The zero-order valence-corrected chi connectivity index (χ0v) is 13.3. The van der Waals surface area contributed by atoms with Gasteiger partial charge in [0.1, 0.15) is 13.2 Å². The van der Waals surface area contributed by atoms with Crippen LogP contribution in [0, 0.1) is 5.92 Å². The molecule has 1 unspecified atom stereocenters. The van der Waals surface area contributed by atoms with E-state index in [-0.39, 0.29) is 0 Å². The minimum atomic E-state index is 0.562. The summed E-state index contributed by atoms with van der Waals surface area (Å²) in [5, 5.41) is 0. The first-order valence-corrected chi connectivity index (χ1v) is 7.96. The lowest BCUT2D eigenvalue weighted by molar-refractivity contribution is -0.908. The summed E-state index contributed by atoms with van der Waals surface area (Å²) in [6.45, 7) is 8.05. The van der Waals surface area contributed by atoms with Crippen LogP contribution in [0.15, 0.2) is 24.3 Å². The summed E-state index contributed by atoms with van der Waals surface area (Å²) in [5.41, 5.74) is 0. The van der Waals surface area contributed by atoms with Gasteiger partial charge in [-0.15, -0.1) is 0 Å². The van der Waals surface area contributed by atoms with E-state index in [0.29, 0.717) is 13.2 Å². The van der Waals surface area contributed by atoms with Crippen LogP contribution >= 0.6 is 0 Å². The molecule has 1 aromatic rings. The maximum absolute atomic E-state index is 5.68. The molecule has 1 saturated heterocycles. The molecule has 0 radical (unpaired) electrons. The molecule has 2 atom stereocenters. The molecule has 0 aliphatic carbocycles. The highest BCUT2D eigenvalue weighted by Gasteiger charge is 2.18. The van der Waals surface area contributed by atoms with Crippen LogP contribution in [0.2, 0.25) is 0 Å². The molecule has 0 bridgehead atoms. The first-order valence-electron chi connectivity index (χ1n) is 7.96. The van der Waals surface area contributed by atoms with Gasteiger partial charge in [-0.3, -0.25) is 0 Å². The van der Waals surface area contributed by atoms with Crippen molar-refractivity contribution in [3.8, 4) is 11.5 Å². The summed E-state index contributed by atoms with van der Waals surface area (Å²) in [6.07, 6.45) is 2.74. The summed E-state index contributed by atoms with van der Waals surface area (Å²) in [4.78, 5) is 1.68. The average Bonchev–Trinajstić information content (AvgIpc) is 2.51. The molecule has 0 saturated carbocycles. The maximum Gasteiger partial charge on any atom is 0.161 e. The normalized spacial score (nSPS) is 22.0. The van der Waals surface area contributed by atoms with Crippen LogP contribution in [0.4, 0.5) is 0 Å². The van der Waals surface area contributed by atoms with Crippen LogP contribution in [0.1, 0.15) is 19.8 Å². The lowest BCUT2D eigenvalue weighted by atomic mass is 10.0. The van der Waals surface area contributed by atoms with E-state index in [1.54, 1.807) is 12.0 Å². The van der Waals surface area contributed by atoms with E-state index in [1.165, 1.54) is 25.9 Å². The van der Waals surface area contributed by atoms with Gasteiger partial charge in [-0.05, 0) is 25.0 Å². The summed E-state index contributed by atoms with van der Waals surface area (Å²) in [5.74, 6) is 2.41. The van der Waals surface area contributed by atoms with Crippen LogP contribution in [-0.2, 0) is 4.74 Å². The number of piperidine rings is 1. The van der Waals surface area contributed by atoms with Gasteiger partial charge in [0, 0.05) is 5.92 Å². The van der Waals surface area contributed by atoms with Crippen LogP contribution in [-0.4, -0.2) is 46.6 Å². The molecule has 0 spiro atoms. The summed E-state index contributed by atoms with van der Waals surface area (Å²) < 4.78 is 16.6. The molecule has 1 aromatic carbocycles. The van der Waals surface area contributed by atoms with Crippen molar-refractivity contribution in [2.24, 2.45) is 5.92 Å². The molecule has 4 heteroatoms. The third-order valence-electron chi connectivity index (χ3n) is 4.02. The Morgan fingerprint density at radius 3 is 2.71 bits per heavy atom. The zero-order chi connectivity index (χ0) is 14.9. The minimum absolute atomic E-state index is 0.562. The SMILES string of the molecule is COc1ccccc1OCCOCC[NH+]1CCC[C@H](C)C1. The Labute approximate surface area is 128 Å². The highest BCUT2D eigenvalue weighted by Crippen LogP contribution is 2.25. The minimum Gasteiger partial charge on any atom is -0.493 e. The van der Waals surface area contributed by atoms with Crippen molar-refractivity contribution in [2.75, 3.05) is 46.6 Å². The molecular formula is C17H28NO3+. The number of likely N-dealkylation sites (tertiary alicyclic amines) is 1. The largest absolute Gasteiger partial charge is 0.493 e. The smallest absolute Gasteiger partial charge is 0.161 e. The van der Waals surface area contributed by atoms with E-state index in [0.717, 1.165) is 30.6 Å². The number of hydrogen-bond donors (Lipinski definition) is 1. The van der Waals surface area contributed by atoms with Crippen molar-refractivity contribution in [1.29, 1.82) is 0 Å². The Kier molecular flexibility index (Phi) is 6.83. The number of para-hydroxylation sites is 2. The third-order valence-corrected chi connectivity index (χ3v) is 4.02. The molecule has 1 aliphatic heterocycles. The predicted octanol–water partition coefficient (Wildman–Crippen LogP) is 1.41. The van der Waals surface area contributed by atoms with Crippen molar-refractivity contribution in [1.82, 2.24) is 0 Å². The maximum atomic E-state index is 5.68. The Morgan fingerprint density at radius 1 is 1.14 bits per heavy atom. The zero-order valence-electron chi connectivity index (χ0n) is 13.3. The first-order chi connectivity index (χ1) is 10.3. The molecule has 0 amide bonds. The topological polar surface area (TPSA) is 32.1 Å². The first kappa shape index (κ1) is 16.1. The van der Waals surface area contributed by atoms with Gasteiger partial charge in [-0.1, -0.05) is 19.1 Å². The molecule has 1 heterocycles. The number of hydrogen-bond acceptors (Lipinski definition) is 3. The number of quaternary nitrogens is 1. The number of rotatable bonds is 8. The molecule has 4 nitrogen and oxygen atoms in total. The average molecular weight is 294 g/mol. The molecule has 0 aromatic heterocycles. The fourth-order valence-corrected chi connectivity index (χ4v) is 2.89. The number of methoxy groups -OCH3 is 1.